The number of nitrogens with one attached hydrogen (secondary N) is 2. The molecule has 3 aromatic rings. The monoisotopic (exact) mass is 457 g/mol. The third-order valence-corrected chi connectivity index (χ3v) is 6.26. The van der Waals surface area contributed by atoms with E-state index in [1.807, 2.05) is 0 Å². The SMILES string of the molecule is [2H]c1c(C)c([2H])c(C(=O)C([2H])([2H])[2H])c(N([2H])C(=O)c2sccc2S(=O)(=O)N([2H])c2onc(C([2H])([2H])[2H])c2C)c1C. The molecule has 2 N–H and O–H groups in total. The molecule has 0 saturated carbocycles. The van der Waals surface area contributed by atoms with Gasteiger partial charge in [0.1, 0.15) is 9.77 Å². The van der Waals surface area contributed by atoms with Crippen LogP contribution < -0.4 is 10.0 Å². The van der Waals surface area contributed by atoms with Crippen molar-refractivity contribution in [2.75, 3.05) is 10.0 Å². The number of carbonyl (C=O) groups excluding carboxylic acids is 2. The van der Waals surface area contributed by atoms with Gasteiger partial charge in [-0.05, 0) is 63.1 Å². The maximum Gasteiger partial charge on any atom is 0.267 e. The van der Waals surface area contributed by atoms with Gasteiger partial charge in [-0.1, -0.05) is 11.2 Å². The maximum atomic E-state index is 13.4. The Morgan fingerprint density at radius 3 is 2.73 bits per heavy atom. The normalized spacial score (nSPS) is 17.0. The van der Waals surface area contributed by atoms with E-state index in [4.69, 9.17) is 18.3 Å². The molecule has 158 valence electrons. The summed E-state index contributed by atoms with van der Waals surface area (Å²) in [7, 11) is -4.95. The summed E-state index contributed by atoms with van der Waals surface area (Å²) in [5, 5.41) is 4.52. The highest BCUT2D eigenvalue weighted by atomic mass is 32.2. The number of hydrogen-bond acceptors (Lipinski definition) is 7. The summed E-state index contributed by atoms with van der Waals surface area (Å²) in [6.07, 6.45) is 0. The number of rotatable bonds is 6. The molecule has 30 heavy (non-hydrogen) atoms. The van der Waals surface area contributed by atoms with Crippen LogP contribution in [0.3, 0.4) is 0 Å². The average molecular weight is 458 g/mol. The zero-order valence-electron chi connectivity index (χ0n) is 25.9. The number of sulfonamides is 1. The fourth-order valence-electron chi connectivity index (χ4n) is 2.49. The second-order valence-corrected chi connectivity index (χ2v) is 8.60. The fourth-order valence-corrected chi connectivity index (χ4v) is 4.76. The molecule has 0 bridgehead atoms. The quantitative estimate of drug-likeness (QED) is 0.535. The molecule has 1 amide bonds. The molecule has 8 nitrogen and oxygen atoms in total. The minimum Gasteiger partial charge on any atom is -0.337 e. The Labute approximate surface area is 192 Å². The Morgan fingerprint density at radius 1 is 1.30 bits per heavy atom. The summed E-state index contributed by atoms with van der Waals surface area (Å²) in [6.45, 7) is -2.32. The molecular weight excluding hydrogens is 426 g/mol. The van der Waals surface area contributed by atoms with E-state index in [-0.39, 0.29) is 32.8 Å². The summed E-state index contributed by atoms with van der Waals surface area (Å²) in [5.74, 6) is -3.67. The lowest BCUT2D eigenvalue weighted by atomic mass is 10.0. The van der Waals surface area contributed by atoms with Crippen molar-refractivity contribution in [3.05, 3.63) is 56.4 Å². The number of aromatic nitrogens is 1. The fraction of sp³-hybridized carbons (Fsp3) is 0.250. The van der Waals surface area contributed by atoms with Gasteiger partial charge in [-0.15, -0.1) is 11.3 Å². The zero-order valence-corrected chi connectivity index (χ0v) is 17.5. The molecule has 0 unspecified atom stereocenters. The predicted molar refractivity (Wildman–Crippen MR) is 115 cm³/mol. The highest BCUT2D eigenvalue weighted by Crippen LogP contribution is 2.29. The Morgan fingerprint density at radius 2 is 2.07 bits per heavy atom. The van der Waals surface area contributed by atoms with Gasteiger partial charge in [0.05, 0.1) is 14.1 Å². The lowest BCUT2D eigenvalue weighted by molar-refractivity contribution is 0.101. The molecule has 1 aromatic carbocycles. The van der Waals surface area contributed by atoms with Gasteiger partial charge >= 0.3 is 0 Å². The number of aryl methyl sites for hydroxylation is 1. The molecule has 0 aliphatic carbocycles. The molecular formula is C20H21N3O5S2. The van der Waals surface area contributed by atoms with Crippen molar-refractivity contribution in [3.8, 4) is 0 Å². The molecule has 0 spiro atoms. The number of anilines is 2. The number of ketones is 1. The molecule has 0 fully saturated rings. The van der Waals surface area contributed by atoms with Gasteiger partial charge in [-0.3, -0.25) is 9.59 Å². The third kappa shape index (κ3) is 4.14. The molecule has 0 atom stereocenters. The van der Waals surface area contributed by atoms with Gasteiger partial charge < -0.3 is 9.83 Å². The third-order valence-electron chi connectivity index (χ3n) is 3.92. The zero-order chi connectivity index (χ0) is 30.7. The highest BCUT2D eigenvalue weighted by Gasteiger charge is 2.27. The van der Waals surface area contributed by atoms with Crippen molar-refractivity contribution in [2.45, 2.75) is 39.4 Å². The van der Waals surface area contributed by atoms with E-state index in [0.717, 1.165) is 11.4 Å². The Kier molecular flexibility index (Phi) is 3.22. The van der Waals surface area contributed by atoms with Crippen LogP contribution in [-0.2, 0) is 10.0 Å². The number of amides is 1. The summed E-state index contributed by atoms with van der Waals surface area (Å²) in [6, 6.07) is -0.0743. The van der Waals surface area contributed by atoms with Gasteiger partial charge in [0.15, 0.2) is 8.61 Å². The van der Waals surface area contributed by atoms with Gasteiger partial charge in [-0.2, -0.15) is 0 Å². The summed E-state index contributed by atoms with van der Waals surface area (Å²) >= 11 is 0.545. The van der Waals surface area contributed by atoms with E-state index in [9.17, 15) is 18.0 Å². The standard InChI is InChI=1S/C20H21N3O5S2/c1-10-8-11(2)17(15(9-10)14(5)24)21-19(25)18-16(6-7-29-18)30(26,27)23-20-12(3)13(4)22-28-20/h6-9,23H,1-5H3,(H,21,25)/i4D3,5D3,8D,9D/hD2. The summed E-state index contributed by atoms with van der Waals surface area (Å²) in [5.41, 5.74) is -2.59. The number of hydrogen-bond donors (Lipinski definition) is 2. The number of thiophene rings is 1. The van der Waals surface area contributed by atoms with Crippen molar-refractivity contribution in [1.29, 1.82) is 0 Å². The van der Waals surface area contributed by atoms with Gasteiger partial charge in [0.25, 0.3) is 15.9 Å². The van der Waals surface area contributed by atoms with Crippen LogP contribution >= 0.6 is 11.3 Å². The van der Waals surface area contributed by atoms with Crippen LogP contribution in [0.4, 0.5) is 11.6 Å². The number of benzene rings is 1. The van der Waals surface area contributed by atoms with Gasteiger partial charge in [-0.25, -0.2) is 13.1 Å². The lowest BCUT2D eigenvalue weighted by Gasteiger charge is -2.14. The summed E-state index contributed by atoms with van der Waals surface area (Å²) in [4.78, 5) is 24.8. The van der Waals surface area contributed by atoms with Gasteiger partial charge in [0, 0.05) is 19.4 Å². The molecule has 0 radical (unpaired) electrons. The van der Waals surface area contributed by atoms with E-state index in [1.54, 1.807) is 0 Å². The van der Waals surface area contributed by atoms with Crippen LogP contribution in [0.15, 0.2) is 32.9 Å². The van der Waals surface area contributed by atoms with Crippen molar-refractivity contribution < 1.29 is 36.3 Å². The first-order chi connectivity index (χ1) is 18.2. The largest absolute Gasteiger partial charge is 0.337 e. The van der Waals surface area contributed by atoms with Crippen molar-refractivity contribution in [1.82, 2.24) is 5.16 Å². The number of carbonyl (C=O) groups is 2. The molecule has 2 aromatic heterocycles. The minimum atomic E-state index is -4.95. The number of nitrogens with zero attached hydrogens (tertiary/aromatic N) is 1. The minimum absolute atomic E-state index is 0.0371. The van der Waals surface area contributed by atoms with E-state index < -0.39 is 74.1 Å². The lowest BCUT2D eigenvalue weighted by Crippen LogP contribution is -2.20. The van der Waals surface area contributed by atoms with Gasteiger partial charge in [0.2, 0.25) is 5.88 Å². The molecule has 10 heteroatoms. The second kappa shape index (κ2) is 8.04. The van der Waals surface area contributed by atoms with Crippen LogP contribution in [0, 0.1) is 27.6 Å². The van der Waals surface area contributed by atoms with Crippen LogP contribution in [0.25, 0.3) is 0 Å². The molecule has 0 aliphatic heterocycles. The van der Waals surface area contributed by atoms with Crippen LogP contribution in [-0.4, -0.2) is 25.3 Å². The maximum absolute atomic E-state index is 13.4. The van der Waals surface area contributed by atoms with Crippen molar-refractivity contribution >= 4 is 44.6 Å². The molecule has 0 saturated heterocycles. The van der Waals surface area contributed by atoms with Crippen LogP contribution in [0.1, 0.15) is 60.2 Å². The number of Topliss-reactive ketones (excluding diaryl/α,β-unsaturated/α-hetero) is 1. The summed E-state index contributed by atoms with van der Waals surface area (Å²) < 4.78 is 109. The second-order valence-electron chi connectivity index (χ2n) is 6.11. The van der Waals surface area contributed by atoms with Crippen molar-refractivity contribution in [2.24, 2.45) is 0 Å². The first kappa shape index (κ1) is 12.0. The highest BCUT2D eigenvalue weighted by molar-refractivity contribution is 7.93. The van der Waals surface area contributed by atoms with E-state index in [0.29, 0.717) is 11.3 Å². The Balaban J connectivity index is 2.15. The molecule has 3 rings (SSSR count). The Hall–Kier alpha value is -2.98. The average Bonchev–Trinajstić information content (AvgIpc) is 3.49. The van der Waals surface area contributed by atoms with Crippen LogP contribution in [0.2, 0.25) is 2.82 Å². The smallest absolute Gasteiger partial charge is 0.267 e. The topological polar surface area (TPSA) is 118 Å². The Bertz CT molecular complexity index is 1630. The first-order valence-corrected chi connectivity index (χ1v) is 10.5. The molecule has 2 heterocycles. The van der Waals surface area contributed by atoms with E-state index in [1.165, 1.54) is 20.8 Å². The van der Waals surface area contributed by atoms with Crippen molar-refractivity contribution in [3.63, 3.8) is 0 Å². The van der Waals surface area contributed by atoms with Crippen LogP contribution in [0.5, 0.6) is 0 Å². The molecule has 0 aliphatic rings. The van der Waals surface area contributed by atoms with E-state index >= 15 is 0 Å². The predicted octanol–water partition coefficient (Wildman–Crippen LogP) is 4.23. The first-order valence-electron chi connectivity index (χ1n) is 13.1. The van der Waals surface area contributed by atoms with E-state index in [2.05, 4.69) is 5.16 Å².